The Morgan fingerprint density at radius 3 is 2.69 bits per heavy atom. The molecule has 2 fully saturated rings. The molecule has 0 spiro atoms. The first kappa shape index (κ1) is 20.9. The predicted molar refractivity (Wildman–Crippen MR) is 93.2 cm³/mol. The lowest BCUT2D eigenvalue weighted by molar-refractivity contribution is -0.295. The fourth-order valence-corrected chi connectivity index (χ4v) is 3.46. The van der Waals surface area contributed by atoms with Gasteiger partial charge in [0.2, 0.25) is 0 Å². The summed E-state index contributed by atoms with van der Waals surface area (Å²) in [6.07, 6.45) is 3.00. The Bertz CT molecular complexity index is 518. The second kappa shape index (κ2) is 9.48. The SMILES string of the molecule is C=C(C)C(=O)OCC1OCCCC1OC1(O)CCCCC1C(=O)OCC. The maximum atomic E-state index is 12.3. The van der Waals surface area contributed by atoms with Crippen LogP contribution in [0.4, 0.5) is 0 Å². The summed E-state index contributed by atoms with van der Waals surface area (Å²) in [6.45, 7) is 7.69. The van der Waals surface area contributed by atoms with Crippen LogP contribution in [0, 0.1) is 5.92 Å². The number of hydrogen-bond acceptors (Lipinski definition) is 7. The summed E-state index contributed by atoms with van der Waals surface area (Å²) < 4.78 is 22.0. The molecule has 0 bridgehead atoms. The van der Waals surface area contributed by atoms with Gasteiger partial charge in [-0.2, -0.15) is 0 Å². The van der Waals surface area contributed by atoms with Crippen molar-refractivity contribution in [3.05, 3.63) is 12.2 Å². The minimum Gasteiger partial charge on any atom is -0.466 e. The van der Waals surface area contributed by atoms with Crippen LogP contribution in [0.1, 0.15) is 52.4 Å². The van der Waals surface area contributed by atoms with Gasteiger partial charge in [-0.25, -0.2) is 4.79 Å². The molecule has 0 aromatic heterocycles. The van der Waals surface area contributed by atoms with Crippen molar-refractivity contribution in [3.63, 3.8) is 0 Å². The molecular formula is C19H30O7. The van der Waals surface area contributed by atoms with E-state index in [1.54, 1.807) is 13.8 Å². The number of aliphatic hydroxyl groups is 1. The summed E-state index contributed by atoms with van der Waals surface area (Å²) in [6, 6.07) is 0. The van der Waals surface area contributed by atoms with E-state index in [9.17, 15) is 14.7 Å². The lowest BCUT2D eigenvalue weighted by Gasteiger charge is -2.43. The van der Waals surface area contributed by atoms with E-state index in [1.165, 1.54) is 0 Å². The maximum Gasteiger partial charge on any atom is 0.333 e. The summed E-state index contributed by atoms with van der Waals surface area (Å²) in [7, 11) is 0. The third-order valence-corrected chi connectivity index (χ3v) is 4.86. The standard InChI is InChI=1S/C19H30O7/c1-4-23-18(21)14-8-5-6-10-19(14,22)26-15-9-7-11-24-16(15)12-25-17(20)13(2)3/h14-16,22H,2,4-12H2,1,3H3. The van der Waals surface area contributed by atoms with Crippen LogP contribution >= 0.6 is 0 Å². The molecule has 7 nitrogen and oxygen atoms in total. The lowest BCUT2D eigenvalue weighted by atomic mass is 9.83. The molecule has 0 amide bonds. The molecule has 2 rings (SSSR count). The average Bonchev–Trinajstić information content (AvgIpc) is 2.60. The highest BCUT2D eigenvalue weighted by atomic mass is 16.7. The van der Waals surface area contributed by atoms with E-state index in [-0.39, 0.29) is 13.2 Å². The first-order valence-corrected chi connectivity index (χ1v) is 9.38. The second-order valence-corrected chi connectivity index (χ2v) is 6.98. The number of rotatable bonds is 7. The van der Waals surface area contributed by atoms with E-state index in [2.05, 4.69) is 6.58 Å². The fraction of sp³-hybridized carbons (Fsp3) is 0.789. The Balaban J connectivity index is 2.04. The number of ether oxygens (including phenoxy) is 4. The van der Waals surface area contributed by atoms with E-state index in [1.807, 2.05) is 0 Å². The Hall–Kier alpha value is -1.44. The van der Waals surface area contributed by atoms with Gasteiger partial charge >= 0.3 is 11.9 Å². The number of esters is 2. The van der Waals surface area contributed by atoms with Crippen molar-refractivity contribution in [2.75, 3.05) is 19.8 Å². The molecule has 1 heterocycles. The Morgan fingerprint density at radius 2 is 2.00 bits per heavy atom. The van der Waals surface area contributed by atoms with Crippen LogP contribution in [-0.2, 0) is 28.5 Å². The predicted octanol–water partition coefficient (Wildman–Crippen LogP) is 2.11. The van der Waals surface area contributed by atoms with Gasteiger partial charge in [-0.3, -0.25) is 4.79 Å². The Kier molecular flexibility index (Phi) is 7.61. The summed E-state index contributed by atoms with van der Waals surface area (Å²) >= 11 is 0. The van der Waals surface area contributed by atoms with Crippen molar-refractivity contribution in [2.45, 2.75) is 70.4 Å². The quantitative estimate of drug-likeness (QED) is 0.417. The monoisotopic (exact) mass is 370 g/mol. The van der Waals surface area contributed by atoms with Crippen molar-refractivity contribution < 1.29 is 33.6 Å². The van der Waals surface area contributed by atoms with E-state index < -0.39 is 35.9 Å². The van der Waals surface area contributed by atoms with Crippen LogP contribution in [0.15, 0.2) is 12.2 Å². The molecule has 2 aliphatic rings. The van der Waals surface area contributed by atoms with Crippen LogP contribution in [0.5, 0.6) is 0 Å². The molecule has 0 aromatic carbocycles. The van der Waals surface area contributed by atoms with Gasteiger partial charge in [0.05, 0.1) is 12.7 Å². The highest BCUT2D eigenvalue weighted by Gasteiger charge is 2.48. The molecule has 1 saturated carbocycles. The largest absolute Gasteiger partial charge is 0.466 e. The van der Waals surface area contributed by atoms with Crippen molar-refractivity contribution in [1.29, 1.82) is 0 Å². The lowest BCUT2D eigenvalue weighted by Crippen LogP contribution is -2.53. The molecule has 148 valence electrons. The van der Waals surface area contributed by atoms with E-state index in [4.69, 9.17) is 18.9 Å². The summed E-state index contributed by atoms with van der Waals surface area (Å²) in [4.78, 5) is 23.9. The van der Waals surface area contributed by atoms with Gasteiger partial charge in [-0.1, -0.05) is 13.0 Å². The van der Waals surface area contributed by atoms with Gasteiger partial charge < -0.3 is 24.1 Å². The topological polar surface area (TPSA) is 91.3 Å². The average molecular weight is 370 g/mol. The Morgan fingerprint density at radius 1 is 1.23 bits per heavy atom. The van der Waals surface area contributed by atoms with Gasteiger partial charge in [-0.15, -0.1) is 0 Å². The molecule has 1 N–H and O–H groups in total. The Labute approximate surface area is 154 Å². The third-order valence-electron chi connectivity index (χ3n) is 4.86. The van der Waals surface area contributed by atoms with Crippen LogP contribution in [0.25, 0.3) is 0 Å². The van der Waals surface area contributed by atoms with Crippen molar-refractivity contribution in [3.8, 4) is 0 Å². The van der Waals surface area contributed by atoms with Gasteiger partial charge in [-0.05, 0) is 39.5 Å². The normalized spacial score (nSPS) is 31.9. The third kappa shape index (κ3) is 5.28. The van der Waals surface area contributed by atoms with Crippen LogP contribution < -0.4 is 0 Å². The van der Waals surface area contributed by atoms with E-state index in [0.717, 1.165) is 19.3 Å². The highest BCUT2D eigenvalue weighted by Crippen LogP contribution is 2.38. The molecule has 1 aliphatic heterocycles. The fourth-order valence-electron chi connectivity index (χ4n) is 3.46. The molecule has 0 radical (unpaired) electrons. The minimum absolute atomic E-state index is 0.0243. The second-order valence-electron chi connectivity index (χ2n) is 6.98. The van der Waals surface area contributed by atoms with Crippen molar-refractivity contribution in [2.24, 2.45) is 5.92 Å². The van der Waals surface area contributed by atoms with Crippen LogP contribution in [-0.4, -0.2) is 54.9 Å². The smallest absolute Gasteiger partial charge is 0.333 e. The molecular weight excluding hydrogens is 340 g/mol. The maximum absolute atomic E-state index is 12.3. The molecule has 4 unspecified atom stereocenters. The highest BCUT2D eigenvalue weighted by molar-refractivity contribution is 5.86. The molecule has 26 heavy (non-hydrogen) atoms. The van der Waals surface area contributed by atoms with Gasteiger partial charge in [0, 0.05) is 18.6 Å². The number of carbonyl (C=O) groups is 2. The molecule has 1 saturated heterocycles. The first-order valence-electron chi connectivity index (χ1n) is 9.38. The van der Waals surface area contributed by atoms with E-state index >= 15 is 0 Å². The number of hydrogen-bond donors (Lipinski definition) is 1. The zero-order chi connectivity index (χ0) is 19.2. The van der Waals surface area contributed by atoms with Gasteiger partial charge in [0.1, 0.15) is 18.6 Å². The summed E-state index contributed by atoms with van der Waals surface area (Å²) in [5.41, 5.74) is 0.312. The zero-order valence-corrected chi connectivity index (χ0v) is 15.7. The molecule has 0 aromatic rings. The first-order chi connectivity index (χ1) is 12.4. The molecule has 1 aliphatic carbocycles. The summed E-state index contributed by atoms with van der Waals surface area (Å²) in [5.74, 6) is -3.21. The zero-order valence-electron chi connectivity index (χ0n) is 15.7. The van der Waals surface area contributed by atoms with Crippen molar-refractivity contribution in [1.82, 2.24) is 0 Å². The summed E-state index contributed by atoms with van der Waals surface area (Å²) in [5, 5.41) is 11.1. The molecule has 4 atom stereocenters. The van der Waals surface area contributed by atoms with Crippen molar-refractivity contribution >= 4 is 11.9 Å². The number of carbonyl (C=O) groups excluding carboxylic acids is 2. The van der Waals surface area contributed by atoms with E-state index in [0.29, 0.717) is 31.4 Å². The molecule has 7 heteroatoms. The van der Waals surface area contributed by atoms with Crippen LogP contribution in [0.2, 0.25) is 0 Å². The van der Waals surface area contributed by atoms with Crippen LogP contribution in [0.3, 0.4) is 0 Å². The minimum atomic E-state index is -1.58. The van der Waals surface area contributed by atoms with Gasteiger partial charge in [0.25, 0.3) is 0 Å². The van der Waals surface area contributed by atoms with Gasteiger partial charge in [0.15, 0.2) is 5.79 Å².